The summed E-state index contributed by atoms with van der Waals surface area (Å²) in [6, 6.07) is 10.8. The van der Waals surface area contributed by atoms with E-state index in [-0.39, 0.29) is 11.9 Å². The summed E-state index contributed by atoms with van der Waals surface area (Å²) in [6.45, 7) is 4.08. The average Bonchev–Trinajstić information content (AvgIpc) is 2.39. The zero-order valence-electron chi connectivity index (χ0n) is 11.6. The Kier molecular flexibility index (Phi) is 4.65. The fourth-order valence-electron chi connectivity index (χ4n) is 2.10. The van der Waals surface area contributed by atoms with Crippen molar-refractivity contribution in [3.8, 4) is 0 Å². The van der Waals surface area contributed by atoms with E-state index in [1.807, 2.05) is 31.2 Å². The average molecular weight is 337 g/mol. The molecule has 2 nitrogen and oxygen atoms in total. The molecule has 0 radical (unpaired) electrons. The second kappa shape index (κ2) is 6.27. The molecule has 0 heterocycles. The third kappa shape index (κ3) is 3.73. The minimum absolute atomic E-state index is 0.203. The van der Waals surface area contributed by atoms with Crippen LogP contribution in [-0.4, -0.2) is 6.04 Å². The molecule has 2 aromatic carbocycles. The lowest BCUT2D eigenvalue weighted by atomic mass is 10.1. The highest BCUT2D eigenvalue weighted by molar-refractivity contribution is 9.10. The quantitative estimate of drug-likeness (QED) is 0.805. The molecular formula is C16H18BrFN2. The zero-order valence-corrected chi connectivity index (χ0v) is 13.2. The lowest BCUT2D eigenvalue weighted by Crippen LogP contribution is -2.18. The standard InChI is InChI=1S/C16H18BrFN2/c1-10-7-16(14(17)9-15(10)19)20-11(2)8-12-3-5-13(18)6-4-12/h3-7,9,11,20H,8,19H2,1-2H3. The summed E-state index contributed by atoms with van der Waals surface area (Å²) in [5.41, 5.74) is 9.81. The van der Waals surface area contributed by atoms with Gasteiger partial charge in [0.1, 0.15) is 5.82 Å². The summed E-state index contributed by atoms with van der Waals surface area (Å²) in [5, 5.41) is 3.45. The van der Waals surface area contributed by atoms with E-state index in [1.165, 1.54) is 12.1 Å². The highest BCUT2D eigenvalue weighted by atomic mass is 79.9. The first kappa shape index (κ1) is 14.9. The van der Waals surface area contributed by atoms with Crippen LogP contribution in [0.15, 0.2) is 40.9 Å². The molecule has 20 heavy (non-hydrogen) atoms. The van der Waals surface area contributed by atoms with E-state index >= 15 is 0 Å². The SMILES string of the molecule is Cc1cc(NC(C)Cc2ccc(F)cc2)c(Br)cc1N. The van der Waals surface area contributed by atoms with Crippen molar-refractivity contribution in [3.05, 3.63) is 57.8 Å². The molecule has 0 amide bonds. The smallest absolute Gasteiger partial charge is 0.123 e. The molecule has 0 saturated carbocycles. The van der Waals surface area contributed by atoms with Gasteiger partial charge in [0.25, 0.3) is 0 Å². The summed E-state index contributed by atoms with van der Waals surface area (Å²) < 4.78 is 13.8. The molecule has 0 aliphatic rings. The van der Waals surface area contributed by atoms with Gasteiger partial charge >= 0.3 is 0 Å². The second-order valence-corrected chi connectivity index (χ2v) is 5.92. The molecule has 2 rings (SSSR count). The normalized spacial score (nSPS) is 12.2. The number of benzene rings is 2. The molecule has 4 heteroatoms. The molecule has 2 aromatic rings. The number of aryl methyl sites for hydroxylation is 1. The maximum atomic E-state index is 12.9. The highest BCUT2D eigenvalue weighted by Crippen LogP contribution is 2.28. The van der Waals surface area contributed by atoms with E-state index in [2.05, 4.69) is 28.2 Å². The molecule has 0 aromatic heterocycles. The van der Waals surface area contributed by atoms with Crippen LogP contribution in [0.25, 0.3) is 0 Å². The molecule has 0 aliphatic carbocycles. The Bertz CT molecular complexity index is 596. The van der Waals surface area contributed by atoms with Crippen molar-refractivity contribution in [1.82, 2.24) is 0 Å². The predicted molar refractivity (Wildman–Crippen MR) is 86.5 cm³/mol. The minimum Gasteiger partial charge on any atom is -0.398 e. The van der Waals surface area contributed by atoms with Crippen molar-refractivity contribution in [1.29, 1.82) is 0 Å². The van der Waals surface area contributed by atoms with Gasteiger partial charge in [-0.25, -0.2) is 4.39 Å². The monoisotopic (exact) mass is 336 g/mol. The third-order valence-electron chi connectivity index (χ3n) is 3.21. The van der Waals surface area contributed by atoms with Gasteiger partial charge in [0, 0.05) is 21.9 Å². The van der Waals surface area contributed by atoms with Crippen molar-refractivity contribution in [2.45, 2.75) is 26.3 Å². The first-order valence-corrected chi connectivity index (χ1v) is 7.31. The van der Waals surface area contributed by atoms with Crippen LogP contribution in [0.3, 0.4) is 0 Å². The maximum Gasteiger partial charge on any atom is 0.123 e. The van der Waals surface area contributed by atoms with E-state index in [4.69, 9.17) is 5.73 Å². The fourth-order valence-corrected chi connectivity index (χ4v) is 2.57. The zero-order chi connectivity index (χ0) is 14.7. The lowest BCUT2D eigenvalue weighted by molar-refractivity contribution is 0.626. The Hall–Kier alpha value is -1.55. The van der Waals surface area contributed by atoms with Gasteiger partial charge < -0.3 is 11.1 Å². The summed E-state index contributed by atoms with van der Waals surface area (Å²) in [4.78, 5) is 0. The Morgan fingerprint density at radius 3 is 2.55 bits per heavy atom. The topological polar surface area (TPSA) is 38.0 Å². The van der Waals surface area contributed by atoms with Gasteiger partial charge in [0.05, 0.1) is 0 Å². The maximum absolute atomic E-state index is 12.9. The van der Waals surface area contributed by atoms with E-state index in [0.717, 1.165) is 33.4 Å². The predicted octanol–water partition coefficient (Wildman–Crippen LogP) is 4.52. The lowest BCUT2D eigenvalue weighted by Gasteiger charge is -2.18. The van der Waals surface area contributed by atoms with Crippen LogP contribution < -0.4 is 11.1 Å². The number of nitrogens with one attached hydrogen (secondary N) is 1. The molecular weight excluding hydrogens is 319 g/mol. The molecule has 3 N–H and O–H groups in total. The molecule has 1 atom stereocenters. The number of anilines is 2. The number of hydrogen-bond donors (Lipinski definition) is 2. The van der Waals surface area contributed by atoms with Gasteiger partial charge in [-0.15, -0.1) is 0 Å². The fraction of sp³-hybridized carbons (Fsp3) is 0.250. The van der Waals surface area contributed by atoms with Crippen molar-refractivity contribution in [3.63, 3.8) is 0 Å². The van der Waals surface area contributed by atoms with Crippen molar-refractivity contribution < 1.29 is 4.39 Å². The van der Waals surface area contributed by atoms with Crippen LogP contribution in [0.5, 0.6) is 0 Å². The van der Waals surface area contributed by atoms with Gasteiger partial charge in [-0.05, 0) is 71.6 Å². The van der Waals surface area contributed by atoms with Crippen LogP contribution in [0.4, 0.5) is 15.8 Å². The van der Waals surface area contributed by atoms with Crippen molar-refractivity contribution in [2.75, 3.05) is 11.1 Å². The van der Waals surface area contributed by atoms with E-state index in [9.17, 15) is 4.39 Å². The van der Waals surface area contributed by atoms with Gasteiger partial charge in [0.2, 0.25) is 0 Å². The first-order valence-electron chi connectivity index (χ1n) is 6.52. The third-order valence-corrected chi connectivity index (χ3v) is 3.87. The number of nitrogen functional groups attached to an aromatic ring is 1. The highest BCUT2D eigenvalue weighted by Gasteiger charge is 2.08. The van der Waals surface area contributed by atoms with Gasteiger partial charge in [-0.3, -0.25) is 0 Å². The summed E-state index contributed by atoms with van der Waals surface area (Å²) in [6.07, 6.45) is 0.830. The van der Waals surface area contributed by atoms with E-state index < -0.39 is 0 Å². The van der Waals surface area contributed by atoms with E-state index in [0.29, 0.717) is 0 Å². The Balaban J connectivity index is 2.06. The molecule has 0 bridgehead atoms. The minimum atomic E-state index is -0.203. The molecule has 0 fully saturated rings. The van der Waals surface area contributed by atoms with Crippen LogP contribution >= 0.6 is 15.9 Å². The van der Waals surface area contributed by atoms with Gasteiger partial charge in [-0.1, -0.05) is 12.1 Å². The Morgan fingerprint density at radius 1 is 1.25 bits per heavy atom. The first-order chi connectivity index (χ1) is 9.45. The largest absolute Gasteiger partial charge is 0.398 e. The molecule has 0 aliphatic heterocycles. The van der Waals surface area contributed by atoms with Crippen LogP contribution in [0.1, 0.15) is 18.1 Å². The summed E-state index contributed by atoms with van der Waals surface area (Å²) in [5.74, 6) is -0.203. The summed E-state index contributed by atoms with van der Waals surface area (Å²) in [7, 11) is 0. The Morgan fingerprint density at radius 2 is 1.90 bits per heavy atom. The molecule has 106 valence electrons. The molecule has 0 spiro atoms. The number of halogens is 2. The Labute approximate surface area is 127 Å². The van der Waals surface area contributed by atoms with Crippen molar-refractivity contribution in [2.24, 2.45) is 0 Å². The van der Waals surface area contributed by atoms with Crippen LogP contribution in [0, 0.1) is 12.7 Å². The van der Waals surface area contributed by atoms with Crippen LogP contribution in [0.2, 0.25) is 0 Å². The molecule has 0 saturated heterocycles. The van der Waals surface area contributed by atoms with Crippen LogP contribution in [-0.2, 0) is 6.42 Å². The van der Waals surface area contributed by atoms with E-state index in [1.54, 1.807) is 0 Å². The number of rotatable bonds is 4. The van der Waals surface area contributed by atoms with Crippen molar-refractivity contribution >= 4 is 27.3 Å². The number of nitrogens with two attached hydrogens (primary N) is 1. The summed E-state index contributed by atoms with van der Waals surface area (Å²) >= 11 is 3.51. The second-order valence-electron chi connectivity index (χ2n) is 5.06. The number of hydrogen-bond acceptors (Lipinski definition) is 2. The van der Waals surface area contributed by atoms with Gasteiger partial charge in [-0.2, -0.15) is 0 Å². The van der Waals surface area contributed by atoms with Gasteiger partial charge in [0.15, 0.2) is 0 Å². The molecule has 1 unspecified atom stereocenters.